The second kappa shape index (κ2) is 4.19. The molecule has 110 valence electrons. The Morgan fingerprint density at radius 1 is 1.09 bits per heavy atom. The van der Waals surface area contributed by atoms with Crippen LogP contribution in [0.4, 0.5) is 5.69 Å². The van der Waals surface area contributed by atoms with Crippen LogP contribution in [0.2, 0.25) is 0 Å². The van der Waals surface area contributed by atoms with Crippen molar-refractivity contribution in [3.8, 4) is 0 Å². The molecule has 2 aromatic rings. The van der Waals surface area contributed by atoms with Crippen molar-refractivity contribution >= 4 is 17.6 Å². The molecule has 4 nitrogen and oxygen atoms in total. The van der Waals surface area contributed by atoms with Gasteiger partial charge in [-0.15, -0.1) is 0 Å². The van der Waals surface area contributed by atoms with Crippen molar-refractivity contribution in [2.75, 3.05) is 5.32 Å². The van der Waals surface area contributed by atoms with Gasteiger partial charge in [0.1, 0.15) is 5.41 Å². The van der Waals surface area contributed by atoms with Crippen LogP contribution in [-0.4, -0.2) is 11.9 Å². The number of amides is 1. The van der Waals surface area contributed by atoms with E-state index in [1.54, 1.807) is 0 Å². The molecule has 0 unspecified atom stereocenters. The molecule has 0 bridgehead atoms. The fourth-order valence-corrected chi connectivity index (χ4v) is 3.70. The van der Waals surface area contributed by atoms with Crippen LogP contribution < -0.4 is 5.32 Å². The van der Waals surface area contributed by atoms with Crippen molar-refractivity contribution in [2.24, 2.45) is 0 Å². The summed E-state index contributed by atoms with van der Waals surface area (Å²) >= 11 is 0. The summed E-state index contributed by atoms with van der Waals surface area (Å²) < 4.78 is 5.70. The van der Waals surface area contributed by atoms with Crippen LogP contribution in [0.3, 0.4) is 0 Å². The first-order chi connectivity index (χ1) is 10.6. The first-order valence-corrected chi connectivity index (χ1v) is 7.26. The Hall–Kier alpha value is -2.62. The van der Waals surface area contributed by atoms with E-state index in [2.05, 4.69) is 5.32 Å². The van der Waals surface area contributed by atoms with Crippen molar-refractivity contribution < 1.29 is 14.3 Å². The van der Waals surface area contributed by atoms with Crippen molar-refractivity contribution in [1.29, 1.82) is 0 Å². The number of carbonyl (C=O) groups excluding carboxylic acids is 2. The average molecular weight is 293 g/mol. The Bertz CT molecular complexity index is 786. The van der Waals surface area contributed by atoms with E-state index in [1.807, 2.05) is 54.6 Å². The monoisotopic (exact) mass is 293 g/mol. The van der Waals surface area contributed by atoms with E-state index < -0.39 is 11.0 Å². The van der Waals surface area contributed by atoms with Gasteiger partial charge in [0.05, 0.1) is 0 Å². The molecule has 1 aliphatic heterocycles. The lowest BCUT2D eigenvalue weighted by Gasteiger charge is -2.22. The molecule has 1 spiro atoms. The van der Waals surface area contributed by atoms with E-state index in [4.69, 9.17) is 4.74 Å². The van der Waals surface area contributed by atoms with Gasteiger partial charge in [-0.2, -0.15) is 0 Å². The predicted molar refractivity (Wildman–Crippen MR) is 81.3 cm³/mol. The van der Waals surface area contributed by atoms with Gasteiger partial charge in [-0.25, -0.2) is 0 Å². The second-order valence-electron chi connectivity index (χ2n) is 5.87. The van der Waals surface area contributed by atoms with Gasteiger partial charge in [0.25, 0.3) is 0 Å². The number of rotatable bonds is 2. The molecule has 4 heteroatoms. The average Bonchev–Trinajstić information content (AvgIpc) is 3.09. The maximum Gasteiger partial charge on any atom is 0.303 e. The van der Waals surface area contributed by atoms with Gasteiger partial charge >= 0.3 is 5.97 Å². The van der Waals surface area contributed by atoms with Crippen LogP contribution in [0, 0.1) is 0 Å². The van der Waals surface area contributed by atoms with E-state index in [1.165, 1.54) is 6.92 Å². The highest BCUT2D eigenvalue weighted by atomic mass is 16.6. The minimum atomic E-state index is -0.906. The molecule has 1 heterocycles. The molecular weight excluding hydrogens is 278 g/mol. The molecule has 4 rings (SSSR count). The molecular formula is C18H15NO3. The summed E-state index contributed by atoms with van der Waals surface area (Å²) in [6, 6.07) is 17.1. The van der Waals surface area contributed by atoms with Crippen molar-refractivity contribution in [3.05, 3.63) is 65.7 Å². The quantitative estimate of drug-likeness (QED) is 0.866. The fraction of sp³-hybridized carbons (Fsp3) is 0.222. The molecule has 1 saturated carbocycles. The lowest BCUT2D eigenvalue weighted by molar-refractivity contribution is -0.151. The highest BCUT2D eigenvalue weighted by molar-refractivity contribution is 6.10. The standard InChI is InChI=1S/C18H15NO3/c1-12(20)22-18(13-7-3-2-4-8-13)11-17(18)14-9-5-6-10-15(14)19-16(17)21/h2-10H,11H2,1H3,(H,19,21)/t17-,18-/m1/s1. The third kappa shape index (κ3) is 1.47. The van der Waals surface area contributed by atoms with Crippen molar-refractivity contribution in [2.45, 2.75) is 24.4 Å². The first-order valence-electron chi connectivity index (χ1n) is 7.26. The van der Waals surface area contributed by atoms with Gasteiger partial charge in [0, 0.05) is 19.0 Å². The first kappa shape index (κ1) is 13.1. The number of fused-ring (bicyclic) bond motifs is 2. The normalized spacial score (nSPS) is 28.1. The van der Waals surface area contributed by atoms with Crippen molar-refractivity contribution in [1.82, 2.24) is 0 Å². The Balaban J connectivity index is 1.90. The number of hydrogen-bond donors (Lipinski definition) is 1. The number of ether oxygens (including phenoxy) is 1. The molecule has 2 atom stereocenters. The smallest absolute Gasteiger partial charge is 0.303 e. The molecule has 2 aromatic carbocycles. The summed E-state index contributed by atoms with van der Waals surface area (Å²) in [4.78, 5) is 24.4. The van der Waals surface area contributed by atoms with Gasteiger partial charge in [-0.05, 0) is 17.2 Å². The zero-order chi connectivity index (χ0) is 15.4. The Morgan fingerprint density at radius 2 is 1.77 bits per heavy atom. The molecule has 22 heavy (non-hydrogen) atoms. The van der Waals surface area contributed by atoms with Gasteiger partial charge in [-0.3, -0.25) is 9.59 Å². The van der Waals surface area contributed by atoms with Gasteiger partial charge in [0.15, 0.2) is 5.60 Å². The van der Waals surface area contributed by atoms with Crippen LogP contribution >= 0.6 is 0 Å². The molecule has 1 amide bonds. The Kier molecular flexibility index (Phi) is 2.49. The number of anilines is 1. The molecule has 1 fully saturated rings. The van der Waals surface area contributed by atoms with E-state index in [0.29, 0.717) is 6.42 Å². The van der Waals surface area contributed by atoms with E-state index in [0.717, 1.165) is 16.8 Å². The summed E-state index contributed by atoms with van der Waals surface area (Å²) in [5.41, 5.74) is 0.854. The topological polar surface area (TPSA) is 55.4 Å². The number of carbonyl (C=O) groups is 2. The molecule has 0 saturated heterocycles. The number of esters is 1. The molecule has 1 aliphatic carbocycles. The van der Waals surface area contributed by atoms with Crippen LogP contribution in [0.15, 0.2) is 54.6 Å². The van der Waals surface area contributed by atoms with Crippen LogP contribution in [0.1, 0.15) is 24.5 Å². The Labute approximate surface area is 128 Å². The third-order valence-corrected chi connectivity index (χ3v) is 4.66. The van der Waals surface area contributed by atoms with Crippen LogP contribution in [-0.2, 0) is 25.3 Å². The van der Waals surface area contributed by atoms with Gasteiger partial charge in [0.2, 0.25) is 5.91 Å². The third-order valence-electron chi connectivity index (χ3n) is 4.66. The van der Waals surface area contributed by atoms with E-state index in [9.17, 15) is 9.59 Å². The number of hydrogen-bond acceptors (Lipinski definition) is 3. The molecule has 1 N–H and O–H groups in total. The highest BCUT2D eigenvalue weighted by Crippen LogP contribution is 2.69. The highest BCUT2D eigenvalue weighted by Gasteiger charge is 2.79. The van der Waals surface area contributed by atoms with Crippen molar-refractivity contribution in [3.63, 3.8) is 0 Å². The maximum atomic E-state index is 12.7. The Morgan fingerprint density at radius 3 is 2.50 bits per heavy atom. The number of para-hydroxylation sites is 1. The van der Waals surface area contributed by atoms with Crippen LogP contribution in [0.5, 0.6) is 0 Å². The molecule has 0 aromatic heterocycles. The second-order valence-corrected chi connectivity index (χ2v) is 5.87. The minimum absolute atomic E-state index is 0.0983. The number of nitrogens with one attached hydrogen (secondary N) is 1. The summed E-state index contributed by atoms with van der Waals surface area (Å²) in [6.07, 6.45) is 0.479. The largest absolute Gasteiger partial charge is 0.453 e. The fourth-order valence-electron chi connectivity index (χ4n) is 3.70. The molecule has 0 radical (unpaired) electrons. The van der Waals surface area contributed by atoms with Gasteiger partial charge < -0.3 is 10.1 Å². The summed E-state index contributed by atoms with van der Waals surface area (Å²) in [7, 11) is 0. The SMILES string of the molecule is CC(=O)O[C@@]1(c2ccccc2)C[C@@]12C(=O)Nc1ccccc12. The lowest BCUT2D eigenvalue weighted by atomic mass is 9.89. The lowest BCUT2D eigenvalue weighted by Crippen LogP contribution is -2.32. The summed E-state index contributed by atoms with van der Waals surface area (Å²) in [5, 5.41) is 2.92. The zero-order valence-electron chi connectivity index (χ0n) is 12.1. The predicted octanol–water partition coefficient (Wildman–Crippen LogP) is 2.74. The molecule has 2 aliphatic rings. The van der Waals surface area contributed by atoms with E-state index in [-0.39, 0.29) is 11.9 Å². The number of benzene rings is 2. The summed E-state index contributed by atoms with van der Waals surface area (Å²) in [6.45, 7) is 1.38. The van der Waals surface area contributed by atoms with Crippen LogP contribution in [0.25, 0.3) is 0 Å². The summed E-state index contributed by atoms with van der Waals surface area (Å²) in [5.74, 6) is -0.475. The zero-order valence-corrected chi connectivity index (χ0v) is 12.1. The maximum absolute atomic E-state index is 12.7. The van der Waals surface area contributed by atoms with E-state index >= 15 is 0 Å². The minimum Gasteiger partial charge on any atom is -0.453 e. The van der Waals surface area contributed by atoms with Gasteiger partial charge in [-0.1, -0.05) is 48.5 Å².